The first-order valence-corrected chi connectivity index (χ1v) is 33.3. The molecule has 4 N–H and O–H groups in total. The lowest BCUT2D eigenvalue weighted by Crippen LogP contribution is -2.21. The molecule has 0 heterocycles. The van der Waals surface area contributed by atoms with Gasteiger partial charge >= 0.3 is 0 Å². The molecule has 0 bridgehead atoms. The van der Waals surface area contributed by atoms with Crippen LogP contribution < -0.4 is 0 Å². The van der Waals surface area contributed by atoms with Crippen LogP contribution in [0.5, 0.6) is 23.0 Å². The van der Waals surface area contributed by atoms with Gasteiger partial charge in [-0.25, -0.2) is 0 Å². The highest BCUT2D eigenvalue weighted by Gasteiger charge is 2.30. The Labute approximate surface area is 558 Å². The Bertz CT molecular complexity index is 2470. The minimum Gasteiger partial charge on any atom is -0.507 e. The lowest BCUT2D eigenvalue weighted by Gasteiger charge is -2.29. The van der Waals surface area contributed by atoms with E-state index in [2.05, 4.69) is 27.7 Å². The number of phenols is 4. The molecular weight excluding hydrogens is 1190 g/mol. The van der Waals surface area contributed by atoms with Gasteiger partial charge in [0.15, 0.2) is 0 Å². The van der Waals surface area contributed by atoms with Crippen molar-refractivity contribution in [3.8, 4) is 23.0 Å². The third kappa shape index (κ3) is 31.5. The van der Waals surface area contributed by atoms with E-state index in [1.807, 2.05) is 145 Å². The molecule has 0 aromatic heterocycles. The summed E-state index contributed by atoms with van der Waals surface area (Å²) in [7, 11) is 1.60. The number of phenolic OH excluding ortho intramolecular Hbond substituents is 4. The molecule has 4 aromatic rings. The van der Waals surface area contributed by atoms with Gasteiger partial charge in [-0.2, -0.15) is 0 Å². The average Bonchev–Trinajstić information content (AvgIpc) is 0.800. The summed E-state index contributed by atoms with van der Waals surface area (Å²) in [6.07, 6.45) is 0.823. The maximum absolute atomic E-state index is 11.3. The minimum absolute atomic E-state index is 0.113. The van der Waals surface area contributed by atoms with Gasteiger partial charge < -0.3 is 91.5 Å². The Hall–Kier alpha value is -4.52. The summed E-state index contributed by atoms with van der Waals surface area (Å²) >= 11 is 0. The van der Waals surface area contributed by atoms with Crippen molar-refractivity contribution in [3.63, 3.8) is 0 Å². The number of aromatic hydroxyl groups is 4. The van der Waals surface area contributed by atoms with Crippen LogP contribution in [0, 0.1) is 0 Å². The molecule has 0 amide bonds. The first kappa shape index (κ1) is 82.7. The van der Waals surface area contributed by atoms with Crippen LogP contribution in [0.3, 0.4) is 0 Å². The molecule has 4 rings (SSSR count). The van der Waals surface area contributed by atoms with E-state index in [1.54, 1.807) is 7.11 Å². The van der Waals surface area contributed by atoms with E-state index in [4.69, 9.17) is 71.1 Å². The van der Waals surface area contributed by atoms with E-state index >= 15 is 0 Å². The van der Waals surface area contributed by atoms with Crippen LogP contribution in [0.25, 0.3) is 0 Å². The number of hydrogen-bond acceptors (Lipinski definition) is 19. The van der Waals surface area contributed by atoms with Gasteiger partial charge in [-0.05, 0) is 168 Å². The van der Waals surface area contributed by atoms with Crippen molar-refractivity contribution in [3.05, 3.63) is 115 Å². The van der Waals surface area contributed by atoms with Crippen LogP contribution in [-0.4, -0.2) is 163 Å². The average molecular weight is 1310 g/mol. The Balaban J connectivity index is 0.000000488. The fraction of sp³-hybridized carbons (Fsp3) is 0.676. The first-order valence-electron chi connectivity index (χ1n) is 33.3. The van der Waals surface area contributed by atoms with Crippen molar-refractivity contribution < 1.29 is 91.5 Å². The van der Waals surface area contributed by atoms with Crippen molar-refractivity contribution in [1.82, 2.24) is 0 Å². The van der Waals surface area contributed by atoms with Crippen LogP contribution in [-0.2, 0) is 135 Å². The van der Waals surface area contributed by atoms with Gasteiger partial charge in [-0.3, -0.25) is 0 Å². The zero-order valence-electron chi connectivity index (χ0n) is 60.1. The van der Waals surface area contributed by atoms with E-state index < -0.39 is 10.8 Å². The van der Waals surface area contributed by atoms with E-state index in [-0.39, 0.29) is 119 Å². The summed E-state index contributed by atoms with van der Waals surface area (Å²) in [5.41, 5.74) is 8.10. The smallest absolute Gasteiger partial charge is 0.126 e. The van der Waals surface area contributed by atoms with Gasteiger partial charge in [-0.15, -0.1) is 0 Å². The molecule has 4 aromatic carbocycles. The van der Waals surface area contributed by atoms with Gasteiger partial charge in [0.1, 0.15) is 23.0 Å². The zero-order valence-corrected chi connectivity index (χ0v) is 60.1. The van der Waals surface area contributed by atoms with Gasteiger partial charge in [-0.1, -0.05) is 27.7 Å². The summed E-state index contributed by atoms with van der Waals surface area (Å²) < 4.78 is 86.0. The molecule has 19 heteroatoms. The van der Waals surface area contributed by atoms with E-state index in [0.717, 1.165) is 22.3 Å². The van der Waals surface area contributed by atoms with E-state index in [9.17, 15) is 20.4 Å². The molecule has 0 spiro atoms. The van der Waals surface area contributed by atoms with Crippen LogP contribution in [0.15, 0.2) is 48.5 Å². The summed E-state index contributed by atoms with van der Waals surface area (Å²) in [6.45, 7) is 44.1. The molecular formula is C74H120O19. The van der Waals surface area contributed by atoms with Crippen molar-refractivity contribution in [1.29, 1.82) is 0 Å². The molecule has 0 saturated heterocycles. The zero-order chi connectivity index (χ0) is 69.1. The summed E-state index contributed by atoms with van der Waals surface area (Å²) in [5.74, 6) is 0.616. The number of benzene rings is 4. The predicted octanol–water partition coefficient (Wildman–Crippen LogP) is 13.6. The normalized spacial score (nSPS) is 12.3. The highest BCUT2D eigenvalue weighted by molar-refractivity contribution is 5.54. The Morgan fingerprint density at radius 1 is 0.247 bits per heavy atom. The van der Waals surface area contributed by atoms with Crippen molar-refractivity contribution >= 4 is 0 Å². The second-order valence-electron chi connectivity index (χ2n) is 26.1. The molecule has 0 radical (unpaired) electrons. The molecule has 530 valence electrons. The molecule has 0 saturated carbocycles. The van der Waals surface area contributed by atoms with Gasteiger partial charge in [0.05, 0.1) is 188 Å². The summed E-state index contributed by atoms with van der Waals surface area (Å²) in [5, 5.41) is 44.8. The van der Waals surface area contributed by atoms with E-state index in [0.29, 0.717) is 137 Å². The first-order chi connectivity index (χ1) is 44.1. The largest absolute Gasteiger partial charge is 0.507 e. The fourth-order valence-corrected chi connectivity index (χ4v) is 9.53. The maximum atomic E-state index is 11.3. The molecule has 0 aliphatic rings. The van der Waals surface area contributed by atoms with Gasteiger partial charge in [0.25, 0.3) is 0 Å². The van der Waals surface area contributed by atoms with Crippen LogP contribution in [0.4, 0.5) is 0 Å². The lowest BCUT2D eigenvalue weighted by atomic mass is 9.76. The van der Waals surface area contributed by atoms with Crippen LogP contribution in [0.2, 0.25) is 0 Å². The van der Waals surface area contributed by atoms with Crippen LogP contribution in [0.1, 0.15) is 191 Å². The Kier molecular flexibility index (Phi) is 39.4. The molecule has 0 fully saturated rings. The molecule has 0 aliphatic heterocycles. The second-order valence-corrected chi connectivity index (χ2v) is 26.1. The lowest BCUT2D eigenvalue weighted by molar-refractivity contribution is 0.0121. The fourth-order valence-electron chi connectivity index (χ4n) is 9.53. The van der Waals surface area contributed by atoms with Crippen LogP contribution >= 0.6 is 0 Å². The Morgan fingerprint density at radius 3 is 0.516 bits per heavy atom. The highest BCUT2D eigenvalue weighted by atomic mass is 16.6. The standard InChI is InChI=1S/C39H64O10.C35H56O9/c1-27(2)46-15-11-42-23-31-19-35(20-32(37(31)40)24-43-12-16-47-28(3)4)39(9,10)36-21-33(25-44-13-17-48-29(5)6)38(41)34(22-36)26-45-14-18-49-30(7)8;1-24(2)42-13-10-39-21-28-17-31(16-27(20-38-9)33(28)36)35(7,8)32-18-29(22-40-11-14-43-25(3)4)34(37)30(19-32)23-41-12-15-44-26(5)6/h19-22,27-30,40-41H,11-18,23-26H2,1-10H3;16-19,24-26,36-37H,10-15,20-23H2,1-9H3. The molecule has 0 atom stereocenters. The monoisotopic (exact) mass is 1310 g/mol. The van der Waals surface area contributed by atoms with Gasteiger partial charge in [0, 0.05) is 62.4 Å². The minimum atomic E-state index is -0.558. The SMILES string of the molecule is CC(C)OCCOCc1cc(C(C)(C)c2cc(COCCOC(C)C)c(O)c(COCCOC(C)C)c2)cc(COCCOC(C)C)c1O.COCc1cc(C(C)(C)c2cc(COCCOC(C)C)c(O)c(COCCOC(C)C)c2)cc(COCCOC(C)C)c1O. The summed E-state index contributed by atoms with van der Waals surface area (Å²) in [6, 6.07) is 15.8. The van der Waals surface area contributed by atoms with E-state index in [1.165, 1.54) is 0 Å². The van der Waals surface area contributed by atoms with Crippen molar-refractivity contribution in [2.24, 2.45) is 0 Å². The number of rotatable bonds is 48. The molecule has 0 aliphatic carbocycles. The number of methoxy groups -OCH3 is 1. The summed E-state index contributed by atoms with van der Waals surface area (Å²) in [4.78, 5) is 0. The predicted molar refractivity (Wildman–Crippen MR) is 363 cm³/mol. The number of ether oxygens (including phenoxy) is 15. The van der Waals surface area contributed by atoms with Gasteiger partial charge in [0.2, 0.25) is 0 Å². The Morgan fingerprint density at radius 2 is 0.387 bits per heavy atom. The molecule has 0 unspecified atom stereocenters. The number of hydrogen-bond donors (Lipinski definition) is 4. The third-order valence-corrected chi connectivity index (χ3v) is 14.8. The van der Waals surface area contributed by atoms with Crippen molar-refractivity contribution in [2.75, 3.05) is 99.6 Å². The molecule has 19 nitrogen and oxygen atoms in total. The second kappa shape index (κ2) is 44.3. The van der Waals surface area contributed by atoms with Crippen molar-refractivity contribution in [2.45, 2.75) is 231 Å². The molecule has 93 heavy (non-hydrogen) atoms. The quantitative estimate of drug-likeness (QED) is 0.0302. The third-order valence-electron chi connectivity index (χ3n) is 14.8. The highest BCUT2D eigenvalue weighted by Crippen LogP contribution is 2.42. The topological polar surface area (TPSA) is 219 Å². The maximum Gasteiger partial charge on any atom is 0.126 e.